The van der Waals surface area contributed by atoms with Crippen LogP contribution in [0.4, 0.5) is 8.78 Å². The quantitative estimate of drug-likeness (QED) is 0.842. The fourth-order valence-corrected chi connectivity index (χ4v) is 1.44. The monoisotopic (exact) mass is 292 g/mol. The number of alkyl halides is 2. The molecule has 0 saturated carbocycles. The van der Waals surface area contributed by atoms with E-state index in [4.69, 9.17) is 34.0 Å². The van der Waals surface area contributed by atoms with Crippen molar-refractivity contribution in [2.24, 2.45) is 5.73 Å². The van der Waals surface area contributed by atoms with Crippen LogP contribution in [0, 0.1) is 0 Å². The van der Waals surface area contributed by atoms with Gasteiger partial charge in [-0.25, -0.2) is 13.8 Å². The third-order valence-electron chi connectivity index (χ3n) is 1.84. The molecule has 0 aliphatic carbocycles. The molecule has 1 aromatic heterocycles. The van der Waals surface area contributed by atoms with E-state index < -0.39 is 18.6 Å². The zero-order valence-corrected chi connectivity index (χ0v) is 10.2. The first-order chi connectivity index (χ1) is 6.88. The number of pyridine rings is 1. The van der Waals surface area contributed by atoms with E-state index in [0.29, 0.717) is 0 Å². The smallest absolute Gasteiger partial charge is 0.289 e. The van der Waals surface area contributed by atoms with Crippen LogP contribution in [0.3, 0.4) is 0 Å². The predicted molar refractivity (Wildman–Crippen MR) is 60.5 cm³/mol. The Bertz CT molecular complexity index is 365. The highest BCUT2D eigenvalue weighted by Crippen LogP contribution is 2.32. The minimum absolute atomic E-state index is 0. The van der Waals surface area contributed by atoms with Crippen molar-refractivity contribution in [2.45, 2.75) is 12.0 Å². The van der Waals surface area contributed by atoms with Crippen molar-refractivity contribution in [1.82, 2.24) is 4.98 Å². The summed E-state index contributed by atoms with van der Waals surface area (Å²) in [5.41, 5.74) is 5.20. The van der Waals surface area contributed by atoms with Gasteiger partial charge < -0.3 is 10.8 Å². The molecule has 0 aliphatic rings. The Labute approximate surface area is 107 Å². The van der Waals surface area contributed by atoms with Crippen LogP contribution in [-0.2, 0) is 0 Å². The Balaban J connectivity index is 0.00000225. The normalized spacial score (nSPS) is 13.1. The van der Waals surface area contributed by atoms with Gasteiger partial charge in [0.15, 0.2) is 0 Å². The maximum absolute atomic E-state index is 13.0. The number of aliphatic hydroxyl groups is 1. The van der Waals surface area contributed by atoms with Crippen LogP contribution < -0.4 is 5.73 Å². The molecule has 3 N–H and O–H groups in total. The highest BCUT2D eigenvalue weighted by atomic mass is 35.5. The molecule has 92 valence electrons. The highest BCUT2D eigenvalue weighted by molar-refractivity contribution is 6.32. The minimum atomic E-state index is -3.45. The molecular formula is C8H9Cl3F2N2O. The molecule has 16 heavy (non-hydrogen) atoms. The van der Waals surface area contributed by atoms with Gasteiger partial charge in [-0.15, -0.1) is 12.4 Å². The number of hydrogen-bond donors (Lipinski definition) is 2. The van der Waals surface area contributed by atoms with Crippen LogP contribution in [0.2, 0.25) is 10.3 Å². The first-order valence-electron chi connectivity index (χ1n) is 3.94. The maximum Gasteiger partial charge on any atom is 0.289 e. The molecule has 0 spiro atoms. The highest BCUT2D eigenvalue weighted by Gasteiger charge is 2.38. The lowest BCUT2D eigenvalue weighted by molar-refractivity contribution is -0.0712. The van der Waals surface area contributed by atoms with Crippen LogP contribution in [0.15, 0.2) is 12.1 Å². The summed E-state index contributed by atoms with van der Waals surface area (Å²) in [7, 11) is 0. The zero-order chi connectivity index (χ0) is 11.6. The van der Waals surface area contributed by atoms with Gasteiger partial charge in [0, 0.05) is 5.56 Å². The Hall–Kier alpha value is -0.200. The Kier molecular flexibility index (Phi) is 5.86. The second-order valence-corrected chi connectivity index (χ2v) is 3.66. The number of nitrogens with zero attached hydrogens (tertiary/aromatic N) is 1. The average molecular weight is 294 g/mol. The van der Waals surface area contributed by atoms with E-state index in [1.54, 1.807) is 0 Å². The van der Waals surface area contributed by atoms with E-state index in [2.05, 4.69) is 4.98 Å². The van der Waals surface area contributed by atoms with Crippen molar-refractivity contribution in [1.29, 1.82) is 0 Å². The molecule has 8 heteroatoms. The minimum Gasteiger partial charge on any atom is -0.390 e. The van der Waals surface area contributed by atoms with E-state index in [0.717, 1.165) is 0 Å². The molecule has 0 aromatic carbocycles. The molecule has 0 radical (unpaired) electrons. The molecule has 0 bridgehead atoms. The van der Waals surface area contributed by atoms with Crippen molar-refractivity contribution in [3.8, 4) is 0 Å². The molecular weight excluding hydrogens is 284 g/mol. The number of halogens is 5. The van der Waals surface area contributed by atoms with E-state index in [9.17, 15) is 8.78 Å². The van der Waals surface area contributed by atoms with E-state index in [-0.39, 0.29) is 28.3 Å². The fraction of sp³-hybridized carbons (Fsp3) is 0.375. The van der Waals surface area contributed by atoms with Crippen LogP contribution in [0.25, 0.3) is 0 Å². The van der Waals surface area contributed by atoms with Gasteiger partial charge in [0.05, 0.1) is 6.04 Å². The first kappa shape index (κ1) is 15.8. The van der Waals surface area contributed by atoms with E-state index in [1.165, 1.54) is 12.1 Å². The molecule has 0 unspecified atom stereocenters. The summed E-state index contributed by atoms with van der Waals surface area (Å²) < 4.78 is 26.0. The van der Waals surface area contributed by atoms with Crippen molar-refractivity contribution < 1.29 is 13.9 Å². The maximum atomic E-state index is 13.0. The number of aliphatic hydroxyl groups excluding tert-OH is 1. The lowest BCUT2D eigenvalue weighted by Crippen LogP contribution is -2.36. The molecule has 0 saturated heterocycles. The fourth-order valence-electron chi connectivity index (χ4n) is 0.981. The lowest BCUT2D eigenvalue weighted by Gasteiger charge is -2.22. The van der Waals surface area contributed by atoms with Gasteiger partial charge in [-0.1, -0.05) is 29.3 Å². The van der Waals surface area contributed by atoms with Gasteiger partial charge in [0.1, 0.15) is 16.9 Å². The average Bonchev–Trinajstić information content (AvgIpc) is 2.17. The summed E-state index contributed by atoms with van der Waals surface area (Å²) in [4.78, 5) is 3.58. The lowest BCUT2D eigenvalue weighted by atomic mass is 10.0. The molecule has 1 heterocycles. The summed E-state index contributed by atoms with van der Waals surface area (Å²) in [5.74, 6) is -3.45. The third-order valence-corrected chi connectivity index (χ3v) is 2.36. The summed E-state index contributed by atoms with van der Waals surface area (Å²) >= 11 is 11.1. The van der Waals surface area contributed by atoms with Crippen LogP contribution in [0.5, 0.6) is 0 Å². The summed E-state index contributed by atoms with van der Waals surface area (Å²) in [6.45, 7) is -1.35. The predicted octanol–water partition coefficient (Wildman–Crippen LogP) is 2.44. The topological polar surface area (TPSA) is 59.1 Å². The molecule has 1 rings (SSSR count). The Morgan fingerprint density at radius 2 is 2.00 bits per heavy atom. The second-order valence-electron chi connectivity index (χ2n) is 2.91. The van der Waals surface area contributed by atoms with Gasteiger partial charge in [-0.3, -0.25) is 0 Å². The van der Waals surface area contributed by atoms with Gasteiger partial charge in [-0.05, 0) is 6.07 Å². The molecule has 0 amide bonds. The van der Waals surface area contributed by atoms with Gasteiger partial charge in [0.2, 0.25) is 0 Å². The number of hydrogen-bond acceptors (Lipinski definition) is 3. The third kappa shape index (κ3) is 3.40. The number of nitrogens with two attached hydrogens (primary N) is 1. The number of aromatic nitrogens is 1. The molecule has 1 aromatic rings. The summed E-state index contributed by atoms with van der Waals surface area (Å²) in [6.07, 6.45) is 0. The molecule has 0 fully saturated rings. The Morgan fingerprint density at radius 1 is 1.44 bits per heavy atom. The SMILES string of the molecule is Cl.N[C@H](c1ccc(Cl)nc1Cl)C(F)(F)CO. The zero-order valence-electron chi connectivity index (χ0n) is 7.83. The van der Waals surface area contributed by atoms with Crippen molar-refractivity contribution >= 4 is 35.6 Å². The number of rotatable bonds is 3. The Morgan fingerprint density at radius 3 is 2.44 bits per heavy atom. The van der Waals surface area contributed by atoms with E-state index >= 15 is 0 Å². The van der Waals surface area contributed by atoms with Crippen molar-refractivity contribution in [3.05, 3.63) is 28.0 Å². The molecule has 3 nitrogen and oxygen atoms in total. The van der Waals surface area contributed by atoms with Gasteiger partial charge in [-0.2, -0.15) is 0 Å². The largest absolute Gasteiger partial charge is 0.390 e. The van der Waals surface area contributed by atoms with Crippen LogP contribution >= 0.6 is 35.6 Å². The van der Waals surface area contributed by atoms with E-state index in [1.807, 2.05) is 0 Å². The summed E-state index contributed by atoms with van der Waals surface area (Å²) in [6, 6.07) is 0.849. The first-order valence-corrected chi connectivity index (χ1v) is 4.70. The molecule has 1 atom stereocenters. The van der Waals surface area contributed by atoms with Crippen molar-refractivity contribution in [3.63, 3.8) is 0 Å². The molecule has 0 aliphatic heterocycles. The second kappa shape index (κ2) is 5.93. The van der Waals surface area contributed by atoms with Crippen LogP contribution in [-0.4, -0.2) is 22.6 Å². The van der Waals surface area contributed by atoms with Gasteiger partial charge >= 0.3 is 0 Å². The summed E-state index contributed by atoms with van der Waals surface area (Å²) in [5, 5.41) is 8.35. The van der Waals surface area contributed by atoms with Gasteiger partial charge in [0.25, 0.3) is 5.92 Å². The van der Waals surface area contributed by atoms with Crippen LogP contribution in [0.1, 0.15) is 11.6 Å². The van der Waals surface area contributed by atoms with Crippen molar-refractivity contribution in [2.75, 3.05) is 6.61 Å². The standard InChI is InChI=1S/C8H8Cl2F2N2O.ClH/c9-5-2-1-4(7(10)14-5)6(13)8(11,12)3-15;/h1-2,6,15H,3,13H2;1H/t6-;/m1./s1.